The lowest BCUT2D eigenvalue weighted by molar-refractivity contribution is -0.0660. The Kier molecular flexibility index (Phi) is 3.48. The zero-order valence-electron chi connectivity index (χ0n) is 11.3. The quantitative estimate of drug-likeness (QED) is 0.817. The average molecular weight is 263 g/mol. The highest BCUT2D eigenvalue weighted by Gasteiger charge is 2.28. The van der Waals surface area contributed by atoms with Crippen LogP contribution >= 0.6 is 0 Å². The highest BCUT2D eigenvalue weighted by molar-refractivity contribution is 5.62. The Morgan fingerprint density at radius 2 is 1.95 bits per heavy atom. The molecule has 104 valence electrons. The average Bonchev–Trinajstić information content (AvgIpc) is 2.38. The molecule has 2 saturated heterocycles. The van der Waals surface area contributed by atoms with Crippen molar-refractivity contribution in [3.05, 3.63) is 18.2 Å². The van der Waals surface area contributed by atoms with Crippen molar-refractivity contribution in [1.29, 1.82) is 0 Å². The Hall–Kier alpha value is -1.46. The number of anilines is 2. The molecular formula is C14H21N3O2. The summed E-state index contributed by atoms with van der Waals surface area (Å²) in [5.74, 6) is 0.757. The van der Waals surface area contributed by atoms with Crippen LogP contribution < -0.4 is 15.4 Å². The lowest BCUT2D eigenvalue weighted by atomic mass is 10.1. The second-order valence-electron chi connectivity index (χ2n) is 5.14. The maximum absolute atomic E-state index is 5.85. The fourth-order valence-corrected chi connectivity index (χ4v) is 2.68. The lowest BCUT2D eigenvalue weighted by Gasteiger charge is -2.43. The van der Waals surface area contributed by atoms with Crippen molar-refractivity contribution in [2.24, 2.45) is 0 Å². The predicted molar refractivity (Wildman–Crippen MR) is 75.8 cm³/mol. The topological polar surface area (TPSA) is 51.0 Å². The van der Waals surface area contributed by atoms with Crippen LogP contribution in [0.1, 0.15) is 0 Å². The first kappa shape index (κ1) is 12.6. The Morgan fingerprint density at radius 3 is 2.53 bits per heavy atom. The van der Waals surface area contributed by atoms with E-state index in [0.29, 0.717) is 11.7 Å². The van der Waals surface area contributed by atoms with Gasteiger partial charge in [0.25, 0.3) is 0 Å². The molecule has 1 aromatic carbocycles. The fraction of sp³-hybridized carbons (Fsp3) is 0.571. The van der Waals surface area contributed by atoms with Gasteiger partial charge in [-0.15, -0.1) is 0 Å². The van der Waals surface area contributed by atoms with E-state index in [-0.39, 0.29) is 0 Å². The number of nitrogens with two attached hydrogens (primary N) is 1. The first-order valence-corrected chi connectivity index (χ1v) is 6.78. The van der Waals surface area contributed by atoms with Crippen LogP contribution in [0.4, 0.5) is 11.4 Å². The lowest BCUT2D eigenvalue weighted by Crippen LogP contribution is -2.56. The summed E-state index contributed by atoms with van der Waals surface area (Å²) in [6, 6.07) is 6.65. The van der Waals surface area contributed by atoms with Crippen LogP contribution in [-0.2, 0) is 4.74 Å². The molecule has 2 N–H and O–H groups in total. The van der Waals surface area contributed by atoms with Crippen LogP contribution in [-0.4, -0.2) is 57.4 Å². The number of hydrogen-bond donors (Lipinski definition) is 1. The first-order chi connectivity index (χ1) is 9.28. The van der Waals surface area contributed by atoms with Crippen LogP contribution in [0.2, 0.25) is 0 Å². The highest BCUT2D eigenvalue weighted by atomic mass is 16.5. The van der Waals surface area contributed by atoms with E-state index in [4.69, 9.17) is 15.2 Å². The summed E-state index contributed by atoms with van der Waals surface area (Å²) in [4.78, 5) is 4.91. The van der Waals surface area contributed by atoms with Gasteiger partial charge in [0.2, 0.25) is 0 Å². The van der Waals surface area contributed by atoms with Gasteiger partial charge in [0, 0.05) is 37.9 Å². The maximum atomic E-state index is 5.85. The normalized spacial score (nSPS) is 21.2. The fourth-order valence-electron chi connectivity index (χ4n) is 2.68. The number of methoxy groups -OCH3 is 1. The molecule has 0 saturated carbocycles. The molecule has 0 bridgehead atoms. The van der Waals surface area contributed by atoms with Crippen LogP contribution in [0.25, 0.3) is 0 Å². The van der Waals surface area contributed by atoms with Crippen molar-refractivity contribution >= 4 is 11.4 Å². The Labute approximate surface area is 113 Å². The number of rotatable bonds is 3. The van der Waals surface area contributed by atoms with Gasteiger partial charge in [-0.25, -0.2) is 0 Å². The molecule has 0 amide bonds. The molecule has 2 heterocycles. The second kappa shape index (κ2) is 5.27. The minimum Gasteiger partial charge on any atom is -0.495 e. The Balaban J connectivity index is 1.64. The number of nitrogen functional groups attached to an aromatic ring is 1. The second-order valence-corrected chi connectivity index (χ2v) is 5.14. The van der Waals surface area contributed by atoms with Crippen LogP contribution in [0.15, 0.2) is 18.2 Å². The number of ether oxygens (including phenoxy) is 2. The summed E-state index contributed by atoms with van der Waals surface area (Å²) >= 11 is 0. The molecule has 0 unspecified atom stereocenters. The van der Waals surface area contributed by atoms with Gasteiger partial charge in [-0.1, -0.05) is 0 Å². The largest absolute Gasteiger partial charge is 0.495 e. The van der Waals surface area contributed by atoms with Gasteiger partial charge >= 0.3 is 0 Å². The first-order valence-electron chi connectivity index (χ1n) is 6.78. The molecule has 0 atom stereocenters. The van der Waals surface area contributed by atoms with E-state index in [1.807, 2.05) is 12.1 Å². The summed E-state index contributed by atoms with van der Waals surface area (Å²) in [7, 11) is 1.66. The number of hydrogen-bond acceptors (Lipinski definition) is 5. The minimum absolute atomic E-state index is 0.642. The van der Waals surface area contributed by atoms with Crippen molar-refractivity contribution in [3.8, 4) is 5.75 Å². The Bertz CT molecular complexity index is 440. The Morgan fingerprint density at radius 1 is 1.21 bits per heavy atom. The molecule has 5 heteroatoms. The molecule has 0 spiro atoms. The van der Waals surface area contributed by atoms with E-state index in [1.54, 1.807) is 7.11 Å². The molecule has 3 rings (SSSR count). The van der Waals surface area contributed by atoms with Gasteiger partial charge in [0.1, 0.15) is 5.75 Å². The highest BCUT2D eigenvalue weighted by Crippen LogP contribution is 2.28. The standard InChI is InChI=1S/C14H21N3O2/c1-18-14-8-11(2-3-13(14)15)16-4-6-17(7-5-16)12-9-19-10-12/h2-3,8,12H,4-7,9-10,15H2,1H3. The van der Waals surface area contributed by atoms with Crippen molar-refractivity contribution in [2.45, 2.75) is 6.04 Å². The van der Waals surface area contributed by atoms with Crippen LogP contribution in [0, 0.1) is 0 Å². The molecule has 5 nitrogen and oxygen atoms in total. The SMILES string of the molecule is COc1cc(N2CCN(C3COC3)CC2)ccc1N. The van der Waals surface area contributed by atoms with Crippen molar-refractivity contribution in [2.75, 3.05) is 57.1 Å². The van der Waals surface area contributed by atoms with E-state index in [1.165, 1.54) is 5.69 Å². The molecule has 0 aromatic heterocycles. The zero-order valence-corrected chi connectivity index (χ0v) is 11.3. The van der Waals surface area contributed by atoms with E-state index in [0.717, 1.165) is 45.1 Å². The summed E-state index contributed by atoms with van der Waals surface area (Å²) < 4.78 is 10.5. The summed E-state index contributed by atoms with van der Waals surface area (Å²) in [6.45, 7) is 6.08. The van der Waals surface area contributed by atoms with Gasteiger partial charge < -0.3 is 20.1 Å². The minimum atomic E-state index is 0.642. The van der Waals surface area contributed by atoms with Gasteiger partial charge in [-0.05, 0) is 12.1 Å². The van der Waals surface area contributed by atoms with Crippen LogP contribution in [0.5, 0.6) is 5.75 Å². The number of benzene rings is 1. The van der Waals surface area contributed by atoms with Crippen molar-refractivity contribution < 1.29 is 9.47 Å². The van der Waals surface area contributed by atoms with Crippen molar-refractivity contribution in [1.82, 2.24) is 4.90 Å². The van der Waals surface area contributed by atoms with Gasteiger partial charge in [-0.2, -0.15) is 0 Å². The van der Waals surface area contributed by atoms with Gasteiger partial charge in [0.05, 0.1) is 32.1 Å². The molecule has 1 aromatic rings. The molecule has 19 heavy (non-hydrogen) atoms. The van der Waals surface area contributed by atoms with E-state index in [9.17, 15) is 0 Å². The zero-order chi connectivity index (χ0) is 13.2. The molecule has 2 aliphatic rings. The summed E-state index contributed by atoms with van der Waals surface area (Å²) in [5, 5.41) is 0. The number of piperazine rings is 1. The van der Waals surface area contributed by atoms with E-state index < -0.39 is 0 Å². The van der Waals surface area contributed by atoms with E-state index in [2.05, 4.69) is 15.9 Å². The number of nitrogens with zero attached hydrogens (tertiary/aromatic N) is 2. The van der Waals surface area contributed by atoms with E-state index >= 15 is 0 Å². The smallest absolute Gasteiger partial charge is 0.143 e. The monoisotopic (exact) mass is 263 g/mol. The third kappa shape index (κ3) is 2.48. The molecule has 0 aliphatic carbocycles. The van der Waals surface area contributed by atoms with Gasteiger partial charge in [-0.3, -0.25) is 4.90 Å². The summed E-state index contributed by atoms with van der Waals surface area (Å²) in [6.07, 6.45) is 0. The van der Waals surface area contributed by atoms with Crippen molar-refractivity contribution in [3.63, 3.8) is 0 Å². The predicted octanol–water partition coefficient (Wildman–Crippen LogP) is 0.798. The third-order valence-corrected chi connectivity index (χ3v) is 4.03. The molecule has 0 radical (unpaired) electrons. The molecule has 2 fully saturated rings. The van der Waals surface area contributed by atoms with Gasteiger partial charge in [0.15, 0.2) is 0 Å². The third-order valence-electron chi connectivity index (χ3n) is 4.03. The molecular weight excluding hydrogens is 242 g/mol. The summed E-state index contributed by atoms with van der Waals surface area (Å²) in [5.41, 5.74) is 7.73. The van der Waals surface area contributed by atoms with Crippen LogP contribution in [0.3, 0.4) is 0 Å². The maximum Gasteiger partial charge on any atom is 0.143 e. The molecule has 2 aliphatic heterocycles.